The maximum atomic E-state index is 6.33. The second-order valence-electron chi connectivity index (χ2n) is 5.72. The van der Waals surface area contributed by atoms with Gasteiger partial charge in [-0.15, -0.1) is 0 Å². The van der Waals surface area contributed by atoms with Gasteiger partial charge in [-0.25, -0.2) is 0 Å². The van der Waals surface area contributed by atoms with E-state index in [9.17, 15) is 0 Å². The minimum Gasteiger partial charge on any atom is -0.324 e. The summed E-state index contributed by atoms with van der Waals surface area (Å²) in [6, 6.07) is 0. The van der Waals surface area contributed by atoms with Crippen molar-refractivity contribution in [2.45, 2.75) is 37.8 Å². The number of allylic oxidation sites excluding steroid dienone is 3. The summed E-state index contributed by atoms with van der Waals surface area (Å²) >= 11 is 1.95. The molecule has 0 aromatic carbocycles. The first-order valence-electron chi connectivity index (χ1n) is 6.14. The molecule has 2 rings (SSSR count). The van der Waals surface area contributed by atoms with Gasteiger partial charge in [-0.1, -0.05) is 24.3 Å². The molecule has 2 nitrogen and oxygen atoms in total. The van der Waals surface area contributed by atoms with Crippen LogP contribution in [0.5, 0.6) is 0 Å². The molecule has 1 heterocycles. The molecule has 2 unspecified atom stereocenters. The van der Waals surface area contributed by atoms with Gasteiger partial charge < -0.3 is 11.5 Å². The lowest BCUT2D eigenvalue weighted by Crippen LogP contribution is -2.40. The zero-order chi connectivity index (χ0) is 12.5. The quantitative estimate of drug-likeness (QED) is 0.694. The van der Waals surface area contributed by atoms with Crippen LogP contribution in [0.2, 0.25) is 0 Å². The Bertz CT molecular complexity index is 389. The van der Waals surface area contributed by atoms with Crippen molar-refractivity contribution in [2.75, 3.05) is 11.5 Å². The lowest BCUT2D eigenvalue weighted by atomic mass is 9.91. The zero-order valence-electron chi connectivity index (χ0n) is 10.7. The highest BCUT2D eigenvalue weighted by molar-refractivity contribution is 7.99. The van der Waals surface area contributed by atoms with Crippen LogP contribution in [0, 0.1) is 0 Å². The van der Waals surface area contributed by atoms with Gasteiger partial charge in [-0.05, 0) is 43.6 Å². The molecule has 0 bridgehead atoms. The fourth-order valence-electron chi connectivity index (χ4n) is 2.22. The first-order valence-corrected chi connectivity index (χ1v) is 7.29. The zero-order valence-corrected chi connectivity index (χ0v) is 11.5. The topological polar surface area (TPSA) is 52.0 Å². The Morgan fingerprint density at radius 1 is 1.12 bits per heavy atom. The van der Waals surface area contributed by atoms with Gasteiger partial charge in [0.05, 0.1) is 5.54 Å². The average molecular weight is 250 g/mol. The maximum absolute atomic E-state index is 6.33. The van der Waals surface area contributed by atoms with Gasteiger partial charge in [0.15, 0.2) is 0 Å². The third-order valence-electron chi connectivity index (χ3n) is 3.24. The summed E-state index contributed by atoms with van der Waals surface area (Å²) in [5.74, 6) is 2.17. The molecule has 0 saturated carbocycles. The Kier molecular flexibility index (Phi) is 3.53. The van der Waals surface area contributed by atoms with Crippen molar-refractivity contribution < 1.29 is 0 Å². The fourth-order valence-corrected chi connectivity index (χ4v) is 3.30. The molecule has 94 valence electrons. The second-order valence-corrected chi connectivity index (χ2v) is 6.82. The Hall–Kier alpha value is -0.510. The van der Waals surface area contributed by atoms with E-state index in [2.05, 4.69) is 31.2 Å². The maximum Gasteiger partial charge on any atom is 0.0502 e. The highest BCUT2D eigenvalue weighted by Crippen LogP contribution is 2.31. The molecular weight excluding hydrogens is 228 g/mol. The van der Waals surface area contributed by atoms with E-state index in [-0.39, 0.29) is 11.1 Å². The molecule has 0 amide bonds. The van der Waals surface area contributed by atoms with E-state index in [0.29, 0.717) is 0 Å². The molecule has 3 heteroatoms. The van der Waals surface area contributed by atoms with E-state index in [1.54, 1.807) is 0 Å². The SMILES string of the molecule is CC1(N)C=CC2=C(C=C1)CC(C)(N)CSCC2. The van der Waals surface area contributed by atoms with Gasteiger partial charge in [0.25, 0.3) is 0 Å². The van der Waals surface area contributed by atoms with Crippen LogP contribution in [-0.4, -0.2) is 22.6 Å². The minimum absolute atomic E-state index is 0.112. The number of thioether (sulfide) groups is 1. The second kappa shape index (κ2) is 4.63. The Labute approximate surface area is 108 Å². The highest BCUT2D eigenvalue weighted by Gasteiger charge is 2.24. The standard InChI is InChI=1S/C14H22N2S/c1-13(15)6-3-11-5-8-17-10-14(2,16)9-12(11)4-7-13/h3-4,6-7H,5,8-10,15-16H2,1-2H3. The summed E-state index contributed by atoms with van der Waals surface area (Å²) in [4.78, 5) is 0. The molecule has 1 aliphatic carbocycles. The molecule has 4 N–H and O–H groups in total. The van der Waals surface area contributed by atoms with E-state index in [1.165, 1.54) is 11.1 Å². The summed E-state index contributed by atoms with van der Waals surface area (Å²) in [5, 5.41) is 0. The van der Waals surface area contributed by atoms with Crippen LogP contribution in [0.4, 0.5) is 0 Å². The summed E-state index contributed by atoms with van der Waals surface area (Å²) < 4.78 is 0. The first kappa shape index (κ1) is 12.9. The summed E-state index contributed by atoms with van der Waals surface area (Å²) in [7, 11) is 0. The van der Waals surface area contributed by atoms with Gasteiger partial charge in [-0.3, -0.25) is 0 Å². The van der Waals surface area contributed by atoms with Gasteiger partial charge in [0.2, 0.25) is 0 Å². The van der Waals surface area contributed by atoms with E-state index in [1.807, 2.05) is 18.7 Å². The smallest absolute Gasteiger partial charge is 0.0502 e. The molecule has 0 radical (unpaired) electrons. The van der Waals surface area contributed by atoms with Gasteiger partial charge in [0, 0.05) is 11.3 Å². The van der Waals surface area contributed by atoms with Crippen LogP contribution in [0.3, 0.4) is 0 Å². The molecular formula is C14H22N2S. The normalized spacial score (nSPS) is 38.4. The predicted octanol–water partition coefficient (Wildman–Crippen LogP) is 2.37. The van der Waals surface area contributed by atoms with Crippen LogP contribution < -0.4 is 11.5 Å². The lowest BCUT2D eigenvalue weighted by Gasteiger charge is -2.28. The summed E-state index contributed by atoms with van der Waals surface area (Å²) in [6.07, 6.45) is 10.6. The molecule has 0 saturated heterocycles. The van der Waals surface area contributed by atoms with Gasteiger partial charge >= 0.3 is 0 Å². The number of nitrogens with two attached hydrogens (primary N) is 2. The van der Waals surface area contributed by atoms with Crippen LogP contribution in [-0.2, 0) is 0 Å². The molecule has 2 atom stereocenters. The van der Waals surface area contributed by atoms with Crippen LogP contribution >= 0.6 is 11.8 Å². The first-order chi connectivity index (χ1) is 7.88. The Morgan fingerprint density at radius 2 is 1.76 bits per heavy atom. The van der Waals surface area contributed by atoms with Crippen molar-refractivity contribution in [3.8, 4) is 0 Å². The van der Waals surface area contributed by atoms with Crippen molar-refractivity contribution in [2.24, 2.45) is 11.5 Å². The minimum atomic E-state index is -0.334. The predicted molar refractivity (Wildman–Crippen MR) is 77.0 cm³/mol. The van der Waals surface area contributed by atoms with Crippen LogP contribution in [0.1, 0.15) is 26.7 Å². The number of hydrogen-bond donors (Lipinski definition) is 2. The van der Waals surface area contributed by atoms with Crippen molar-refractivity contribution in [1.29, 1.82) is 0 Å². The van der Waals surface area contributed by atoms with E-state index in [0.717, 1.165) is 24.3 Å². The largest absolute Gasteiger partial charge is 0.324 e. The molecule has 0 fully saturated rings. The van der Waals surface area contributed by atoms with Crippen molar-refractivity contribution in [1.82, 2.24) is 0 Å². The Balaban J connectivity index is 2.33. The lowest BCUT2D eigenvalue weighted by molar-refractivity contribution is 0.525. The molecule has 2 aliphatic rings. The average Bonchev–Trinajstić information content (AvgIpc) is 2.32. The van der Waals surface area contributed by atoms with Gasteiger partial charge in [0.1, 0.15) is 0 Å². The highest BCUT2D eigenvalue weighted by atomic mass is 32.2. The Morgan fingerprint density at radius 3 is 2.47 bits per heavy atom. The molecule has 17 heavy (non-hydrogen) atoms. The molecule has 1 aliphatic heterocycles. The van der Waals surface area contributed by atoms with Gasteiger partial charge in [-0.2, -0.15) is 11.8 Å². The third-order valence-corrected chi connectivity index (χ3v) is 4.60. The summed E-state index contributed by atoms with van der Waals surface area (Å²) in [5.41, 5.74) is 14.8. The van der Waals surface area contributed by atoms with Crippen LogP contribution in [0.25, 0.3) is 0 Å². The fraction of sp³-hybridized carbons (Fsp3) is 0.571. The van der Waals surface area contributed by atoms with E-state index >= 15 is 0 Å². The van der Waals surface area contributed by atoms with Crippen LogP contribution in [0.15, 0.2) is 35.5 Å². The van der Waals surface area contributed by atoms with Crippen molar-refractivity contribution >= 4 is 11.8 Å². The molecule has 0 aromatic heterocycles. The van der Waals surface area contributed by atoms with Crippen molar-refractivity contribution in [3.63, 3.8) is 0 Å². The van der Waals surface area contributed by atoms with Crippen molar-refractivity contribution in [3.05, 3.63) is 35.5 Å². The number of hydrogen-bond acceptors (Lipinski definition) is 3. The molecule has 0 spiro atoms. The number of rotatable bonds is 0. The molecule has 0 aromatic rings. The van der Waals surface area contributed by atoms with E-state index in [4.69, 9.17) is 11.5 Å². The summed E-state index contributed by atoms with van der Waals surface area (Å²) in [6.45, 7) is 4.16. The van der Waals surface area contributed by atoms with E-state index < -0.39 is 0 Å². The monoisotopic (exact) mass is 250 g/mol. The third kappa shape index (κ3) is 3.47.